The molecule has 0 fully saturated rings. The molecule has 1 heterocycles. The first-order valence-corrected chi connectivity index (χ1v) is 6.81. The van der Waals surface area contributed by atoms with Crippen molar-refractivity contribution in [1.82, 2.24) is 9.97 Å². The van der Waals surface area contributed by atoms with Crippen LogP contribution in [-0.4, -0.2) is 27.1 Å². The standard InChI is InChI=1S/C16H18N2O3/c1-11(2)21-15-10-17-9-14(18-15)13(16(19)20)8-12-6-4-3-5-7-12/h3-7,9-11,13H,8H2,1-2H3,(H,19,20). The van der Waals surface area contributed by atoms with Gasteiger partial charge in [0.05, 0.1) is 18.0 Å². The number of carboxylic acids is 1. The number of hydrogen-bond donors (Lipinski definition) is 1. The minimum absolute atomic E-state index is 0.0352. The Kier molecular flexibility index (Phi) is 4.87. The largest absolute Gasteiger partial charge is 0.481 e. The summed E-state index contributed by atoms with van der Waals surface area (Å²) in [6.45, 7) is 3.76. The van der Waals surface area contributed by atoms with Crippen molar-refractivity contribution in [3.8, 4) is 5.88 Å². The van der Waals surface area contributed by atoms with E-state index < -0.39 is 11.9 Å². The molecule has 110 valence electrons. The van der Waals surface area contributed by atoms with Crippen LogP contribution in [0.1, 0.15) is 31.0 Å². The number of carbonyl (C=O) groups is 1. The van der Waals surface area contributed by atoms with Crippen LogP contribution in [0, 0.1) is 0 Å². The van der Waals surface area contributed by atoms with Crippen molar-refractivity contribution in [2.45, 2.75) is 32.3 Å². The number of ether oxygens (including phenoxy) is 1. The number of aliphatic carboxylic acids is 1. The average Bonchev–Trinajstić information content (AvgIpc) is 2.45. The summed E-state index contributed by atoms with van der Waals surface area (Å²) in [6.07, 6.45) is 3.31. The molecule has 0 aliphatic carbocycles. The lowest BCUT2D eigenvalue weighted by Crippen LogP contribution is -2.17. The molecule has 1 N–H and O–H groups in total. The molecule has 2 rings (SSSR count). The fourth-order valence-electron chi connectivity index (χ4n) is 2.00. The molecule has 0 saturated heterocycles. The van der Waals surface area contributed by atoms with Crippen molar-refractivity contribution >= 4 is 5.97 Å². The number of nitrogens with zero attached hydrogens (tertiary/aromatic N) is 2. The Labute approximate surface area is 123 Å². The number of rotatable bonds is 6. The quantitative estimate of drug-likeness (QED) is 0.884. The molecule has 2 aromatic rings. The van der Waals surface area contributed by atoms with E-state index in [2.05, 4.69) is 9.97 Å². The third-order valence-corrected chi connectivity index (χ3v) is 2.93. The third-order valence-electron chi connectivity index (χ3n) is 2.93. The molecule has 1 aromatic heterocycles. The maximum Gasteiger partial charge on any atom is 0.312 e. The van der Waals surface area contributed by atoms with Crippen LogP contribution in [0.3, 0.4) is 0 Å². The van der Waals surface area contributed by atoms with Gasteiger partial charge in [0.1, 0.15) is 5.92 Å². The first-order valence-electron chi connectivity index (χ1n) is 6.81. The summed E-state index contributed by atoms with van der Waals surface area (Å²) >= 11 is 0. The maximum absolute atomic E-state index is 11.5. The first-order chi connectivity index (χ1) is 10.1. The van der Waals surface area contributed by atoms with Gasteiger partial charge in [0.15, 0.2) is 0 Å². The minimum Gasteiger partial charge on any atom is -0.481 e. The summed E-state index contributed by atoms with van der Waals surface area (Å²) in [7, 11) is 0. The Hall–Kier alpha value is -2.43. The normalized spacial score (nSPS) is 12.1. The second-order valence-corrected chi connectivity index (χ2v) is 5.03. The Morgan fingerprint density at radius 1 is 1.24 bits per heavy atom. The van der Waals surface area contributed by atoms with E-state index >= 15 is 0 Å². The molecule has 0 aliphatic rings. The van der Waals surface area contributed by atoms with Gasteiger partial charge in [-0.3, -0.25) is 9.78 Å². The average molecular weight is 286 g/mol. The minimum atomic E-state index is -0.921. The molecule has 21 heavy (non-hydrogen) atoms. The Morgan fingerprint density at radius 2 is 1.95 bits per heavy atom. The van der Waals surface area contributed by atoms with Crippen LogP contribution in [0.2, 0.25) is 0 Å². The fraction of sp³-hybridized carbons (Fsp3) is 0.312. The molecule has 0 radical (unpaired) electrons. The highest BCUT2D eigenvalue weighted by Gasteiger charge is 2.23. The van der Waals surface area contributed by atoms with E-state index in [1.807, 2.05) is 44.2 Å². The number of carboxylic acid groups (broad SMARTS) is 1. The molecule has 1 aromatic carbocycles. The van der Waals surface area contributed by atoms with Crippen LogP contribution in [0.4, 0.5) is 0 Å². The van der Waals surface area contributed by atoms with Gasteiger partial charge in [-0.2, -0.15) is 0 Å². The van der Waals surface area contributed by atoms with Crippen LogP contribution in [0.5, 0.6) is 5.88 Å². The van der Waals surface area contributed by atoms with Crippen molar-refractivity contribution in [3.63, 3.8) is 0 Å². The van der Waals surface area contributed by atoms with Crippen LogP contribution in [-0.2, 0) is 11.2 Å². The lowest BCUT2D eigenvalue weighted by Gasteiger charge is -2.14. The molecule has 0 saturated carbocycles. The Morgan fingerprint density at radius 3 is 2.57 bits per heavy atom. The molecule has 0 spiro atoms. The van der Waals surface area contributed by atoms with Gasteiger partial charge in [-0.15, -0.1) is 0 Å². The summed E-state index contributed by atoms with van der Waals surface area (Å²) in [4.78, 5) is 19.8. The Balaban J connectivity index is 2.24. The molecule has 0 amide bonds. The van der Waals surface area contributed by atoms with Gasteiger partial charge in [0.25, 0.3) is 0 Å². The Bertz CT molecular complexity index is 599. The van der Waals surface area contributed by atoms with Crippen molar-refractivity contribution in [1.29, 1.82) is 0 Å². The molecule has 0 bridgehead atoms. The van der Waals surface area contributed by atoms with Gasteiger partial charge in [-0.05, 0) is 25.8 Å². The summed E-state index contributed by atoms with van der Waals surface area (Å²) in [5.41, 5.74) is 1.35. The van der Waals surface area contributed by atoms with Crippen molar-refractivity contribution in [3.05, 3.63) is 54.0 Å². The predicted octanol–water partition coefficient (Wildman–Crippen LogP) is 2.67. The molecular weight excluding hydrogens is 268 g/mol. The number of aromatic nitrogens is 2. The molecule has 5 heteroatoms. The number of benzene rings is 1. The fourth-order valence-corrected chi connectivity index (χ4v) is 2.00. The van der Waals surface area contributed by atoms with E-state index in [9.17, 15) is 9.90 Å². The summed E-state index contributed by atoms with van der Waals surface area (Å²) in [5, 5.41) is 9.45. The van der Waals surface area contributed by atoms with Crippen LogP contribution in [0.15, 0.2) is 42.7 Å². The highest BCUT2D eigenvalue weighted by atomic mass is 16.5. The topological polar surface area (TPSA) is 72.3 Å². The van der Waals surface area contributed by atoms with E-state index in [-0.39, 0.29) is 6.10 Å². The van der Waals surface area contributed by atoms with E-state index in [1.54, 1.807) is 0 Å². The van der Waals surface area contributed by atoms with E-state index in [0.29, 0.717) is 18.0 Å². The van der Waals surface area contributed by atoms with Gasteiger partial charge in [-0.1, -0.05) is 30.3 Å². The van der Waals surface area contributed by atoms with Gasteiger partial charge in [0, 0.05) is 6.20 Å². The lowest BCUT2D eigenvalue weighted by atomic mass is 9.96. The molecule has 5 nitrogen and oxygen atoms in total. The van der Waals surface area contributed by atoms with Crippen LogP contribution < -0.4 is 4.74 Å². The molecule has 0 aliphatic heterocycles. The van der Waals surface area contributed by atoms with Gasteiger partial charge < -0.3 is 9.84 Å². The maximum atomic E-state index is 11.5. The first kappa shape index (κ1) is 15.0. The van der Waals surface area contributed by atoms with Crippen molar-refractivity contribution in [2.24, 2.45) is 0 Å². The van der Waals surface area contributed by atoms with Gasteiger partial charge in [0.2, 0.25) is 5.88 Å². The second-order valence-electron chi connectivity index (χ2n) is 5.03. The number of hydrogen-bond acceptors (Lipinski definition) is 4. The predicted molar refractivity (Wildman–Crippen MR) is 78.3 cm³/mol. The van der Waals surface area contributed by atoms with Crippen molar-refractivity contribution < 1.29 is 14.6 Å². The van der Waals surface area contributed by atoms with E-state index in [4.69, 9.17) is 4.74 Å². The zero-order chi connectivity index (χ0) is 15.2. The van der Waals surface area contributed by atoms with Gasteiger partial charge >= 0.3 is 5.97 Å². The van der Waals surface area contributed by atoms with Crippen molar-refractivity contribution in [2.75, 3.05) is 0 Å². The van der Waals surface area contributed by atoms with E-state index in [0.717, 1.165) is 5.56 Å². The van der Waals surface area contributed by atoms with Crippen LogP contribution in [0.25, 0.3) is 0 Å². The SMILES string of the molecule is CC(C)Oc1cncc(C(Cc2ccccc2)C(=O)O)n1. The molecular formula is C16H18N2O3. The third kappa shape index (κ3) is 4.27. The smallest absolute Gasteiger partial charge is 0.312 e. The summed E-state index contributed by atoms with van der Waals surface area (Å²) < 4.78 is 5.47. The second kappa shape index (κ2) is 6.83. The summed E-state index contributed by atoms with van der Waals surface area (Å²) in [5.74, 6) is -1.31. The lowest BCUT2D eigenvalue weighted by molar-refractivity contribution is -0.138. The zero-order valence-electron chi connectivity index (χ0n) is 12.1. The van der Waals surface area contributed by atoms with Crippen LogP contribution >= 0.6 is 0 Å². The molecule has 1 unspecified atom stereocenters. The highest BCUT2D eigenvalue weighted by Crippen LogP contribution is 2.21. The monoisotopic (exact) mass is 286 g/mol. The zero-order valence-corrected chi connectivity index (χ0v) is 12.1. The van der Waals surface area contributed by atoms with Gasteiger partial charge in [-0.25, -0.2) is 4.98 Å². The molecule has 1 atom stereocenters. The van der Waals surface area contributed by atoms with E-state index in [1.165, 1.54) is 12.4 Å². The highest BCUT2D eigenvalue weighted by molar-refractivity contribution is 5.75. The summed E-state index contributed by atoms with van der Waals surface area (Å²) in [6, 6.07) is 9.47.